The smallest absolute Gasteiger partial charge is 0.405 e. The molecular formula is C68H113B4Br2ClN8O12S2. The van der Waals surface area contributed by atoms with Gasteiger partial charge in [-0.15, -0.1) is 34.3 Å². The van der Waals surface area contributed by atoms with Crippen molar-refractivity contribution in [1.82, 2.24) is 38.7 Å². The third-order valence-corrected chi connectivity index (χ3v) is 23.7. The fourth-order valence-corrected chi connectivity index (χ4v) is 14.9. The van der Waals surface area contributed by atoms with E-state index < -0.39 is 14.0 Å². The maximum atomic E-state index is 13.2. The summed E-state index contributed by atoms with van der Waals surface area (Å²) in [5.41, 5.74) is 4.69. The quantitative estimate of drug-likeness (QED) is 0.0911. The predicted molar refractivity (Wildman–Crippen MR) is 410 cm³/mol. The molecular weight excluding hydrogens is 1420 g/mol. The van der Waals surface area contributed by atoms with Crippen LogP contribution in [0.1, 0.15) is 233 Å². The number of aryl methyl sites for hydroxylation is 5. The molecule has 2 N–H and O–H groups in total. The first-order chi connectivity index (χ1) is 44.2. The Morgan fingerprint density at radius 2 is 0.784 bits per heavy atom. The van der Waals surface area contributed by atoms with Gasteiger partial charge >= 0.3 is 39.6 Å². The highest BCUT2D eigenvalue weighted by molar-refractivity contribution is 9.10. The largest absolute Gasteiger partial charge is 0.488 e. The van der Waals surface area contributed by atoms with Gasteiger partial charge in [0.05, 0.1) is 67.0 Å². The average molecular weight is 1540 g/mol. The van der Waals surface area contributed by atoms with Crippen molar-refractivity contribution < 1.29 is 37.2 Å². The van der Waals surface area contributed by atoms with Crippen LogP contribution < -0.4 is 22.5 Å². The first-order valence-electron chi connectivity index (χ1n) is 33.6. The van der Waals surface area contributed by atoms with Crippen LogP contribution in [-0.2, 0) is 63.2 Å². The molecule has 20 nitrogen and oxygen atoms in total. The molecule has 10 heterocycles. The first kappa shape index (κ1) is 84.5. The fraction of sp³-hybridized carbons (Fsp3) is 0.735. The summed E-state index contributed by atoms with van der Waals surface area (Å²) in [6, 6.07) is 0.135. The van der Waals surface area contributed by atoms with Crippen molar-refractivity contribution in [2.75, 3.05) is 12.2 Å². The van der Waals surface area contributed by atoms with Gasteiger partial charge in [-0.3, -0.25) is 38.1 Å². The summed E-state index contributed by atoms with van der Waals surface area (Å²) in [6.45, 7) is 56.1. The molecule has 2 aliphatic carbocycles. The van der Waals surface area contributed by atoms with Gasteiger partial charge in [0.1, 0.15) is 9.66 Å². The Balaban J connectivity index is 0.000000227. The van der Waals surface area contributed by atoms with Crippen LogP contribution in [-0.4, -0.2) is 124 Å². The van der Waals surface area contributed by atoms with Crippen molar-refractivity contribution in [3.63, 3.8) is 0 Å². The monoisotopic (exact) mass is 1530 g/mol. The van der Waals surface area contributed by atoms with E-state index >= 15 is 0 Å². The minimum absolute atomic E-state index is 0. The number of thiophene rings is 2. The van der Waals surface area contributed by atoms with E-state index in [1.54, 1.807) is 15.9 Å². The summed E-state index contributed by atoms with van der Waals surface area (Å²) < 4.78 is 53.4. The van der Waals surface area contributed by atoms with Gasteiger partial charge in [0.25, 0.3) is 11.1 Å². The number of aromatic nitrogens is 8. The molecule has 29 heteroatoms. The van der Waals surface area contributed by atoms with E-state index in [-0.39, 0.29) is 101 Å². The van der Waals surface area contributed by atoms with E-state index in [4.69, 9.17) is 37.2 Å². The highest BCUT2D eigenvalue weighted by atomic mass is 79.9. The molecule has 6 aliphatic rings. The van der Waals surface area contributed by atoms with Crippen LogP contribution in [0.4, 0.5) is 0 Å². The normalized spacial score (nSPS) is 20.2. The van der Waals surface area contributed by atoms with Gasteiger partial charge in [-0.05, 0) is 224 Å². The molecule has 542 valence electrons. The number of rotatable bonds is 11. The summed E-state index contributed by atoms with van der Waals surface area (Å²) in [5.74, 6) is 2.46. The lowest BCUT2D eigenvalue weighted by Crippen LogP contribution is -2.41. The molecule has 4 saturated heterocycles. The van der Waals surface area contributed by atoms with Crippen LogP contribution in [0.5, 0.6) is 0 Å². The first-order valence-corrected chi connectivity index (χ1v) is 38.4. The Morgan fingerprint density at radius 1 is 0.505 bits per heavy atom. The number of alkyl halides is 2. The van der Waals surface area contributed by atoms with Crippen molar-refractivity contribution in [2.24, 2.45) is 11.8 Å². The van der Waals surface area contributed by atoms with Gasteiger partial charge in [-0.25, -0.2) is 9.59 Å². The predicted octanol–water partition coefficient (Wildman–Crippen LogP) is 15.5. The molecule has 0 spiro atoms. The van der Waals surface area contributed by atoms with Gasteiger partial charge in [0.2, 0.25) is 0 Å². The second kappa shape index (κ2) is 31.9. The van der Waals surface area contributed by atoms with Crippen LogP contribution in [0.2, 0.25) is 13.6 Å². The number of aromatic amines is 2. The molecule has 2 saturated carbocycles. The van der Waals surface area contributed by atoms with E-state index in [1.165, 1.54) is 32.4 Å². The molecule has 12 rings (SSSR count). The van der Waals surface area contributed by atoms with Gasteiger partial charge in [-0.2, -0.15) is 10.2 Å². The van der Waals surface area contributed by atoms with E-state index in [0.717, 1.165) is 95.3 Å². The minimum Gasteiger partial charge on any atom is -0.405 e. The molecule has 97 heavy (non-hydrogen) atoms. The molecule has 0 amide bonds. The SMILES string of the molecule is C.CB1OC(C)(C)C(C)(C)O1.CB1OC(C)(C)C(C)(C)O1.CBr.CC1(C)OB(B2OC(C)(C)C(C)(C)O2)OC1(C)C.CCl.Cc1n[nH]c(C)c1Cc1sc2c(c1Br)c(=O)n(C1CC1)c(=O)n2CC(C)C.Cc1n[nH]c(C)c1Cc1sc2c(c1C)c(=O)n(C1CC1)c(=O)n2CC(C)C. The fourth-order valence-electron chi connectivity index (χ4n) is 11.6. The van der Waals surface area contributed by atoms with Gasteiger partial charge in [0, 0.05) is 81.1 Å². The molecule has 0 unspecified atom stereocenters. The second-order valence-corrected chi connectivity index (χ2v) is 33.8. The molecule has 0 radical (unpaired) electrons. The topological polar surface area (TPSA) is 219 Å². The Labute approximate surface area is 608 Å². The molecule has 6 fully saturated rings. The molecule has 6 aromatic heterocycles. The number of fused-ring (bicyclic) bond motifs is 2. The average Bonchev–Trinajstić information content (AvgIpc) is 1.62. The number of hydrogen-bond donors (Lipinski definition) is 2. The Kier molecular flexibility index (Phi) is 27.8. The van der Waals surface area contributed by atoms with Crippen molar-refractivity contribution in [1.29, 1.82) is 0 Å². The maximum Gasteiger partial charge on any atom is 0.488 e. The van der Waals surface area contributed by atoms with Gasteiger partial charge in [-0.1, -0.05) is 51.1 Å². The van der Waals surface area contributed by atoms with Crippen molar-refractivity contribution in [2.45, 2.75) is 303 Å². The van der Waals surface area contributed by atoms with Crippen LogP contribution in [0, 0.1) is 46.5 Å². The lowest BCUT2D eigenvalue weighted by atomic mass is 9.49. The van der Waals surface area contributed by atoms with Crippen LogP contribution in [0.3, 0.4) is 0 Å². The lowest BCUT2D eigenvalue weighted by molar-refractivity contribution is 0.00578. The van der Waals surface area contributed by atoms with E-state index in [1.807, 2.05) is 114 Å². The zero-order valence-corrected chi connectivity index (χ0v) is 68.4. The molecule has 0 atom stereocenters. The Morgan fingerprint density at radius 3 is 1.05 bits per heavy atom. The summed E-state index contributed by atoms with van der Waals surface area (Å²) in [7, 11) is -1.08. The highest BCUT2D eigenvalue weighted by Gasteiger charge is 2.64. The number of nitrogens with one attached hydrogen (secondary N) is 2. The third-order valence-electron chi connectivity index (χ3n) is 20.0. The van der Waals surface area contributed by atoms with Gasteiger partial charge in [0.15, 0.2) is 0 Å². The molecule has 0 bridgehead atoms. The van der Waals surface area contributed by atoms with Crippen molar-refractivity contribution in [3.8, 4) is 0 Å². The summed E-state index contributed by atoms with van der Waals surface area (Å²) >= 11 is 14.4. The third kappa shape index (κ3) is 18.3. The molecule has 4 aliphatic heterocycles. The molecule has 0 aromatic carbocycles. The summed E-state index contributed by atoms with van der Waals surface area (Å²) in [6.07, 6.45) is 6.55. The van der Waals surface area contributed by atoms with Crippen molar-refractivity contribution in [3.05, 3.63) is 95.4 Å². The van der Waals surface area contributed by atoms with Crippen LogP contribution in [0.25, 0.3) is 20.4 Å². The minimum atomic E-state index is -0.476. The van der Waals surface area contributed by atoms with Gasteiger partial charge < -0.3 is 37.2 Å². The second-order valence-electron chi connectivity index (χ2n) is 30.8. The maximum absolute atomic E-state index is 13.2. The number of H-pyrrole nitrogens is 2. The zero-order chi connectivity index (χ0) is 72.9. The Hall–Kier alpha value is -3.11. The van der Waals surface area contributed by atoms with E-state index in [2.05, 4.69) is 147 Å². The van der Waals surface area contributed by atoms with E-state index in [9.17, 15) is 19.2 Å². The summed E-state index contributed by atoms with van der Waals surface area (Å²) in [5, 5.41) is 16.0. The zero-order valence-electron chi connectivity index (χ0n) is 62.8. The number of halogens is 3. The highest BCUT2D eigenvalue weighted by Crippen LogP contribution is 2.44. The number of nitrogens with zero attached hydrogens (tertiary/aromatic N) is 6. The Bertz CT molecular complexity index is 3600. The van der Waals surface area contributed by atoms with Crippen LogP contribution >= 0.6 is 66.1 Å². The van der Waals surface area contributed by atoms with E-state index in [0.29, 0.717) is 36.7 Å². The standard InChI is InChI=1S/C20H26N4O2S.C19H23BrN4O2S.C12H24B2O4.2C7H15BO2.CH3Br.CH3Cl.CH4/c1-10(2)9-23-19-17(18(25)24(20(23)26)14-6-7-14)11(3)16(27-19)8-15-12(4)21-22-13(15)5;1-9(2)8-23-18-15(17(25)24(19(23)26)12-5-6-12)16(20)14(27-18)7-13-10(3)21-22-11(13)4;1-9(2)10(3,4)16-13(15-9)14-17-11(5,6)12(7,8)18-14;2*1-6(2)7(3,4)10-8(5)9-6;2*1-2;/h10,14H,6-9H2,1-5H3,(H,21,22);9,12H,5-8H2,1-4H3,(H,21,22);1-8H3;2*1-5H3;2*1H3;1H4. The summed E-state index contributed by atoms with van der Waals surface area (Å²) in [4.78, 5) is 56.3. The molecule has 6 aromatic rings. The number of hydrogen-bond acceptors (Lipinski definition) is 16. The lowest BCUT2D eigenvalue weighted by Gasteiger charge is -2.32. The van der Waals surface area contributed by atoms with Crippen molar-refractivity contribution >= 4 is 115 Å². The van der Waals surface area contributed by atoms with Crippen LogP contribution in [0.15, 0.2) is 23.7 Å².